The normalized spacial score (nSPS) is 28.4. The monoisotopic (exact) mass is 282 g/mol. The Morgan fingerprint density at radius 3 is 2.50 bits per heavy atom. The van der Waals surface area contributed by atoms with Crippen molar-refractivity contribution in [3.05, 3.63) is 29.3 Å². The first-order chi connectivity index (χ1) is 9.58. The largest absolute Gasteiger partial charge is 0.494 e. The Morgan fingerprint density at radius 2 is 1.90 bits per heavy atom. The Balaban J connectivity index is 1.85. The van der Waals surface area contributed by atoms with Crippen LogP contribution in [-0.2, 0) is 4.74 Å². The van der Waals surface area contributed by atoms with Gasteiger partial charge in [-0.3, -0.25) is 4.79 Å². The van der Waals surface area contributed by atoms with Crippen molar-refractivity contribution in [3.63, 3.8) is 0 Å². The number of hydrogen-bond donors (Lipinski definition) is 0. The molecule has 20 heavy (non-hydrogen) atoms. The Labute approximate surface area is 115 Å². The van der Waals surface area contributed by atoms with Crippen molar-refractivity contribution in [1.82, 2.24) is 0 Å². The fourth-order valence-corrected chi connectivity index (χ4v) is 3.16. The number of carbonyl (C=O) groups excluding carboxylic acids is 1. The van der Waals surface area contributed by atoms with Crippen molar-refractivity contribution in [1.29, 1.82) is 0 Å². The number of methoxy groups -OCH3 is 1. The topological polar surface area (TPSA) is 35.5 Å². The highest BCUT2D eigenvalue weighted by molar-refractivity contribution is 5.98. The van der Waals surface area contributed by atoms with Gasteiger partial charge < -0.3 is 9.47 Å². The van der Waals surface area contributed by atoms with Crippen LogP contribution in [0.3, 0.4) is 0 Å². The summed E-state index contributed by atoms with van der Waals surface area (Å²) in [4.78, 5) is 12.5. The number of ether oxygens (including phenoxy) is 2. The first kappa shape index (κ1) is 13.5. The maximum Gasteiger partial charge on any atom is 0.200 e. The van der Waals surface area contributed by atoms with Crippen LogP contribution in [0.4, 0.5) is 8.78 Å². The van der Waals surface area contributed by atoms with Crippen molar-refractivity contribution in [3.8, 4) is 5.75 Å². The standard InChI is InChI=1S/C15H16F2O3/c1-19-13-7-9(6-12(16)14(13)17)15(18)8-4-10-2-3-11(5-8)20-10/h6-8,10-11H,2-5H2,1H3. The number of benzene rings is 1. The van der Waals surface area contributed by atoms with Gasteiger partial charge in [0.2, 0.25) is 5.82 Å². The second-order valence-corrected chi connectivity index (χ2v) is 5.46. The summed E-state index contributed by atoms with van der Waals surface area (Å²) >= 11 is 0. The minimum atomic E-state index is -1.06. The number of Topliss-reactive ketones (excluding diaryl/α,β-unsaturated/α-hetero) is 1. The molecular weight excluding hydrogens is 266 g/mol. The van der Waals surface area contributed by atoms with E-state index in [-0.39, 0.29) is 35.2 Å². The van der Waals surface area contributed by atoms with E-state index in [1.54, 1.807) is 0 Å². The van der Waals surface area contributed by atoms with E-state index in [2.05, 4.69) is 0 Å². The van der Waals surface area contributed by atoms with Gasteiger partial charge in [0.15, 0.2) is 17.3 Å². The molecule has 1 aromatic rings. The van der Waals surface area contributed by atoms with Crippen LogP contribution in [0.5, 0.6) is 5.75 Å². The quantitative estimate of drug-likeness (QED) is 0.799. The molecule has 2 aliphatic rings. The van der Waals surface area contributed by atoms with Gasteiger partial charge in [-0.05, 0) is 37.8 Å². The second-order valence-electron chi connectivity index (χ2n) is 5.46. The molecule has 2 saturated heterocycles. The first-order valence-electron chi connectivity index (χ1n) is 6.81. The van der Waals surface area contributed by atoms with E-state index >= 15 is 0 Å². The summed E-state index contributed by atoms with van der Waals surface area (Å²) in [6.45, 7) is 0. The van der Waals surface area contributed by atoms with E-state index < -0.39 is 11.6 Å². The highest BCUT2D eigenvalue weighted by Crippen LogP contribution is 2.37. The van der Waals surface area contributed by atoms with E-state index in [1.807, 2.05) is 0 Å². The van der Waals surface area contributed by atoms with Gasteiger partial charge in [-0.1, -0.05) is 0 Å². The van der Waals surface area contributed by atoms with E-state index in [4.69, 9.17) is 9.47 Å². The van der Waals surface area contributed by atoms with Gasteiger partial charge in [0, 0.05) is 11.5 Å². The molecular formula is C15H16F2O3. The van der Waals surface area contributed by atoms with Crippen LogP contribution in [-0.4, -0.2) is 25.1 Å². The fraction of sp³-hybridized carbons (Fsp3) is 0.533. The van der Waals surface area contributed by atoms with Crippen LogP contribution in [0, 0.1) is 17.6 Å². The van der Waals surface area contributed by atoms with Crippen molar-refractivity contribution in [2.45, 2.75) is 37.9 Å². The molecule has 2 heterocycles. The predicted molar refractivity (Wildman–Crippen MR) is 67.9 cm³/mol. The predicted octanol–water partition coefficient (Wildman–Crippen LogP) is 3.11. The molecule has 0 aromatic heterocycles. The zero-order valence-corrected chi connectivity index (χ0v) is 11.2. The first-order valence-corrected chi connectivity index (χ1v) is 6.81. The fourth-order valence-electron chi connectivity index (χ4n) is 3.16. The van der Waals surface area contributed by atoms with Crippen LogP contribution in [0.1, 0.15) is 36.0 Å². The van der Waals surface area contributed by atoms with E-state index in [1.165, 1.54) is 13.2 Å². The number of fused-ring (bicyclic) bond motifs is 2. The van der Waals surface area contributed by atoms with Crippen molar-refractivity contribution < 1.29 is 23.0 Å². The van der Waals surface area contributed by atoms with Gasteiger partial charge in [-0.2, -0.15) is 4.39 Å². The van der Waals surface area contributed by atoms with Crippen LogP contribution < -0.4 is 4.74 Å². The molecule has 1 aromatic carbocycles. The number of rotatable bonds is 3. The van der Waals surface area contributed by atoms with Crippen LogP contribution in [0.2, 0.25) is 0 Å². The summed E-state index contributed by atoms with van der Waals surface area (Å²) < 4.78 is 37.3. The SMILES string of the molecule is COc1cc(C(=O)C2CC3CCC(C2)O3)cc(F)c1F. The zero-order chi connectivity index (χ0) is 14.3. The Morgan fingerprint density at radius 1 is 1.25 bits per heavy atom. The molecule has 0 spiro atoms. The van der Waals surface area contributed by atoms with Gasteiger partial charge in [0.05, 0.1) is 19.3 Å². The Hall–Kier alpha value is -1.49. The molecule has 0 saturated carbocycles. The van der Waals surface area contributed by atoms with Gasteiger partial charge >= 0.3 is 0 Å². The van der Waals surface area contributed by atoms with Gasteiger partial charge in [0.1, 0.15) is 0 Å². The minimum Gasteiger partial charge on any atom is -0.494 e. The molecule has 0 N–H and O–H groups in total. The van der Waals surface area contributed by atoms with Crippen molar-refractivity contribution >= 4 is 5.78 Å². The number of carbonyl (C=O) groups is 1. The molecule has 108 valence electrons. The number of ketones is 1. The lowest BCUT2D eigenvalue weighted by Crippen LogP contribution is -2.30. The highest BCUT2D eigenvalue weighted by Gasteiger charge is 2.38. The molecule has 5 heteroatoms. The van der Waals surface area contributed by atoms with E-state index in [0.29, 0.717) is 12.8 Å². The molecule has 2 fully saturated rings. The summed E-state index contributed by atoms with van der Waals surface area (Å²) in [5.41, 5.74) is 0.173. The van der Waals surface area contributed by atoms with Crippen LogP contribution in [0.25, 0.3) is 0 Å². The number of hydrogen-bond acceptors (Lipinski definition) is 3. The summed E-state index contributed by atoms with van der Waals surface area (Å²) in [5.74, 6) is -2.67. The molecule has 3 rings (SSSR count). The molecule has 2 atom stereocenters. The lowest BCUT2D eigenvalue weighted by atomic mass is 9.88. The highest BCUT2D eigenvalue weighted by atomic mass is 19.2. The second kappa shape index (κ2) is 5.13. The molecule has 0 aliphatic carbocycles. The van der Waals surface area contributed by atoms with Crippen molar-refractivity contribution in [2.75, 3.05) is 7.11 Å². The van der Waals surface area contributed by atoms with Gasteiger partial charge in [0.25, 0.3) is 0 Å². The summed E-state index contributed by atoms with van der Waals surface area (Å²) in [6.07, 6.45) is 3.56. The zero-order valence-electron chi connectivity index (χ0n) is 11.2. The third-order valence-corrected chi connectivity index (χ3v) is 4.16. The number of halogens is 2. The molecule has 2 unspecified atom stereocenters. The Bertz CT molecular complexity index is 532. The van der Waals surface area contributed by atoms with Gasteiger partial charge in [-0.15, -0.1) is 0 Å². The average Bonchev–Trinajstić information content (AvgIpc) is 2.79. The van der Waals surface area contributed by atoms with Crippen LogP contribution in [0.15, 0.2) is 12.1 Å². The maximum absolute atomic E-state index is 13.5. The average molecular weight is 282 g/mol. The molecule has 0 radical (unpaired) electrons. The molecule has 2 aliphatic heterocycles. The van der Waals surface area contributed by atoms with Crippen LogP contribution >= 0.6 is 0 Å². The molecule has 3 nitrogen and oxygen atoms in total. The van der Waals surface area contributed by atoms with Gasteiger partial charge in [-0.25, -0.2) is 4.39 Å². The minimum absolute atomic E-state index is 0.134. The summed E-state index contributed by atoms with van der Waals surface area (Å²) in [7, 11) is 1.25. The molecule has 2 bridgehead atoms. The van der Waals surface area contributed by atoms with E-state index in [9.17, 15) is 13.6 Å². The lowest BCUT2D eigenvalue weighted by molar-refractivity contribution is -0.0149. The van der Waals surface area contributed by atoms with E-state index in [0.717, 1.165) is 18.9 Å². The third kappa shape index (κ3) is 2.30. The molecule has 0 amide bonds. The lowest BCUT2D eigenvalue weighted by Gasteiger charge is -2.27. The third-order valence-electron chi connectivity index (χ3n) is 4.16. The summed E-state index contributed by atoms with van der Waals surface area (Å²) in [6, 6.07) is 2.23. The smallest absolute Gasteiger partial charge is 0.200 e. The van der Waals surface area contributed by atoms with Crippen molar-refractivity contribution in [2.24, 2.45) is 5.92 Å². The summed E-state index contributed by atoms with van der Waals surface area (Å²) in [5, 5.41) is 0. The Kier molecular flexibility index (Phi) is 3.46. The maximum atomic E-state index is 13.5.